The highest BCUT2D eigenvalue weighted by Gasteiger charge is 2.14. The summed E-state index contributed by atoms with van der Waals surface area (Å²) in [5.41, 5.74) is 0.977. The number of rotatable bonds is 10. The second kappa shape index (κ2) is 12.1. The summed E-state index contributed by atoms with van der Waals surface area (Å²) in [6, 6.07) is 17.1. The number of nitrogens with zero attached hydrogens (tertiary/aromatic N) is 3. The lowest BCUT2D eigenvalue weighted by Crippen LogP contribution is -2.45. The third kappa shape index (κ3) is 7.27. The van der Waals surface area contributed by atoms with Gasteiger partial charge in [0.15, 0.2) is 0 Å². The summed E-state index contributed by atoms with van der Waals surface area (Å²) >= 11 is 0. The first-order valence-electron chi connectivity index (χ1n) is 11.8. The number of benzene rings is 2. The number of ether oxygens (including phenoxy) is 2. The van der Waals surface area contributed by atoms with E-state index >= 15 is 0 Å². The van der Waals surface area contributed by atoms with Crippen LogP contribution in [0.3, 0.4) is 0 Å². The van der Waals surface area contributed by atoms with Crippen LogP contribution in [-0.4, -0.2) is 78.1 Å². The van der Waals surface area contributed by atoms with Gasteiger partial charge in [0.2, 0.25) is 11.8 Å². The van der Waals surface area contributed by atoms with Crippen LogP contribution < -0.4 is 14.8 Å². The third-order valence-electron chi connectivity index (χ3n) is 5.91. The van der Waals surface area contributed by atoms with E-state index < -0.39 is 5.97 Å². The van der Waals surface area contributed by atoms with Gasteiger partial charge in [-0.1, -0.05) is 18.2 Å². The van der Waals surface area contributed by atoms with Gasteiger partial charge in [-0.15, -0.1) is 0 Å². The molecular formula is C27H30N4O5. The minimum Gasteiger partial charge on any atom is -0.492 e. The van der Waals surface area contributed by atoms with Crippen molar-refractivity contribution in [3.63, 3.8) is 0 Å². The standard InChI is InChI=1S/C27H30N4O5/c1-30-12-14-31(15-13-30)16-17-35-21-7-9-22(10-8-21)36-26-11-6-20(19-28-26)18-25(32)29-24-5-3-2-4-23(24)27(33)34/h2-11,19H,12-18H2,1H3,(H,29,32)(H,33,34). The van der Waals surface area contributed by atoms with E-state index in [9.17, 15) is 14.7 Å². The van der Waals surface area contributed by atoms with Gasteiger partial charge in [-0.2, -0.15) is 0 Å². The van der Waals surface area contributed by atoms with Gasteiger partial charge in [0.1, 0.15) is 18.1 Å². The van der Waals surface area contributed by atoms with E-state index in [-0.39, 0.29) is 23.6 Å². The number of carbonyl (C=O) groups excluding carboxylic acids is 1. The third-order valence-corrected chi connectivity index (χ3v) is 5.91. The SMILES string of the molecule is CN1CCN(CCOc2ccc(Oc3ccc(CC(=O)Nc4ccccc4C(=O)O)cn3)cc2)CC1. The average molecular weight is 491 g/mol. The van der Waals surface area contributed by atoms with E-state index in [0.29, 0.717) is 23.8 Å². The molecule has 9 heteroatoms. The molecule has 0 saturated carbocycles. The second-order valence-electron chi connectivity index (χ2n) is 8.65. The lowest BCUT2D eigenvalue weighted by Gasteiger charge is -2.32. The minimum atomic E-state index is -1.10. The van der Waals surface area contributed by atoms with E-state index in [2.05, 4.69) is 27.1 Å². The van der Waals surface area contributed by atoms with Crippen LogP contribution in [0.25, 0.3) is 0 Å². The molecule has 188 valence electrons. The number of aromatic carboxylic acids is 1. The molecule has 0 spiro atoms. The lowest BCUT2D eigenvalue weighted by molar-refractivity contribution is -0.115. The molecule has 0 unspecified atom stereocenters. The Morgan fingerprint density at radius 2 is 1.69 bits per heavy atom. The number of anilines is 1. The maximum Gasteiger partial charge on any atom is 0.337 e. The normalized spacial score (nSPS) is 14.2. The lowest BCUT2D eigenvalue weighted by atomic mass is 10.1. The molecule has 2 aromatic carbocycles. The molecule has 0 bridgehead atoms. The number of carbonyl (C=O) groups is 2. The van der Waals surface area contributed by atoms with Crippen molar-refractivity contribution in [3.05, 3.63) is 78.0 Å². The molecule has 36 heavy (non-hydrogen) atoms. The average Bonchev–Trinajstić information content (AvgIpc) is 2.87. The summed E-state index contributed by atoms with van der Waals surface area (Å²) in [4.78, 5) is 32.7. The number of amides is 1. The van der Waals surface area contributed by atoms with Gasteiger partial charge in [0.05, 0.1) is 17.7 Å². The topological polar surface area (TPSA) is 104 Å². The zero-order valence-electron chi connectivity index (χ0n) is 20.2. The Morgan fingerprint density at radius 1 is 0.972 bits per heavy atom. The number of likely N-dealkylation sites (N-methyl/N-ethyl adjacent to an activating group) is 1. The minimum absolute atomic E-state index is 0.0409. The van der Waals surface area contributed by atoms with Crippen LogP contribution in [0.4, 0.5) is 5.69 Å². The molecule has 0 atom stereocenters. The molecule has 0 radical (unpaired) electrons. The van der Waals surface area contributed by atoms with Crippen LogP contribution in [0, 0.1) is 0 Å². The predicted octanol–water partition coefficient (Wildman–Crippen LogP) is 3.38. The van der Waals surface area contributed by atoms with Crippen LogP contribution in [0.2, 0.25) is 0 Å². The molecule has 0 aliphatic carbocycles. The number of aromatic nitrogens is 1. The predicted molar refractivity (Wildman–Crippen MR) is 136 cm³/mol. The number of para-hydroxylation sites is 1. The summed E-state index contributed by atoms with van der Waals surface area (Å²) in [6.45, 7) is 5.88. The van der Waals surface area contributed by atoms with Gasteiger partial charge in [-0.3, -0.25) is 9.69 Å². The number of hydrogen-bond donors (Lipinski definition) is 2. The van der Waals surface area contributed by atoms with E-state index in [1.807, 2.05) is 24.3 Å². The van der Waals surface area contributed by atoms with E-state index in [4.69, 9.17) is 9.47 Å². The van der Waals surface area contributed by atoms with Crippen LogP contribution >= 0.6 is 0 Å². The summed E-state index contributed by atoms with van der Waals surface area (Å²) in [5, 5.41) is 11.9. The van der Waals surface area contributed by atoms with Crippen molar-refractivity contribution in [1.29, 1.82) is 0 Å². The highest BCUT2D eigenvalue weighted by molar-refractivity contribution is 6.00. The molecule has 1 aliphatic heterocycles. The maximum absolute atomic E-state index is 12.4. The molecule has 1 saturated heterocycles. The van der Waals surface area contributed by atoms with Crippen molar-refractivity contribution < 1.29 is 24.2 Å². The van der Waals surface area contributed by atoms with Crippen LogP contribution in [0.5, 0.6) is 17.4 Å². The van der Waals surface area contributed by atoms with Gasteiger partial charge in [-0.25, -0.2) is 9.78 Å². The maximum atomic E-state index is 12.4. The fourth-order valence-corrected chi connectivity index (χ4v) is 3.82. The summed E-state index contributed by atoms with van der Waals surface area (Å²) < 4.78 is 11.7. The molecule has 3 aromatic rings. The quantitative estimate of drug-likeness (QED) is 0.446. The number of carboxylic acid groups (broad SMARTS) is 1. The van der Waals surface area contributed by atoms with Gasteiger partial charge < -0.3 is 24.8 Å². The van der Waals surface area contributed by atoms with Crippen molar-refractivity contribution in [2.24, 2.45) is 0 Å². The Labute approximate surface area is 210 Å². The van der Waals surface area contributed by atoms with Crippen LogP contribution in [0.15, 0.2) is 66.9 Å². The molecule has 9 nitrogen and oxygen atoms in total. The van der Waals surface area contributed by atoms with E-state index in [1.165, 1.54) is 6.07 Å². The Morgan fingerprint density at radius 3 is 2.39 bits per heavy atom. The van der Waals surface area contributed by atoms with E-state index in [1.54, 1.807) is 36.5 Å². The molecule has 1 fully saturated rings. The zero-order chi connectivity index (χ0) is 25.3. The van der Waals surface area contributed by atoms with Crippen molar-refractivity contribution in [1.82, 2.24) is 14.8 Å². The molecule has 2 N–H and O–H groups in total. The summed E-state index contributed by atoms with van der Waals surface area (Å²) in [6.07, 6.45) is 1.62. The Balaban J connectivity index is 1.23. The van der Waals surface area contributed by atoms with Gasteiger partial charge in [-0.05, 0) is 49.0 Å². The van der Waals surface area contributed by atoms with Gasteiger partial charge in [0.25, 0.3) is 0 Å². The molecular weight excluding hydrogens is 460 g/mol. The van der Waals surface area contributed by atoms with Crippen molar-refractivity contribution in [2.45, 2.75) is 6.42 Å². The molecule has 2 heterocycles. The fraction of sp³-hybridized carbons (Fsp3) is 0.296. The number of piperazine rings is 1. The number of hydrogen-bond acceptors (Lipinski definition) is 7. The molecule has 1 aromatic heterocycles. The first kappa shape index (κ1) is 25.2. The second-order valence-corrected chi connectivity index (χ2v) is 8.65. The van der Waals surface area contributed by atoms with E-state index in [0.717, 1.165) is 38.5 Å². The number of carboxylic acids is 1. The van der Waals surface area contributed by atoms with Crippen molar-refractivity contribution in [2.75, 3.05) is 51.7 Å². The smallest absolute Gasteiger partial charge is 0.337 e. The first-order valence-corrected chi connectivity index (χ1v) is 11.8. The zero-order valence-corrected chi connectivity index (χ0v) is 20.2. The summed E-state index contributed by atoms with van der Waals surface area (Å²) in [5.74, 6) is 0.390. The largest absolute Gasteiger partial charge is 0.492 e. The van der Waals surface area contributed by atoms with Crippen LogP contribution in [-0.2, 0) is 11.2 Å². The molecule has 1 amide bonds. The van der Waals surface area contributed by atoms with Crippen molar-refractivity contribution >= 4 is 17.6 Å². The molecule has 1 aliphatic rings. The number of nitrogens with one attached hydrogen (secondary N) is 1. The fourth-order valence-electron chi connectivity index (χ4n) is 3.82. The highest BCUT2D eigenvalue weighted by Crippen LogP contribution is 2.23. The van der Waals surface area contributed by atoms with Gasteiger partial charge >= 0.3 is 5.97 Å². The Bertz CT molecular complexity index is 1160. The molecule has 4 rings (SSSR count). The monoisotopic (exact) mass is 490 g/mol. The summed E-state index contributed by atoms with van der Waals surface area (Å²) in [7, 11) is 2.15. The van der Waals surface area contributed by atoms with Gasteiger partial charge in [0, 0.05) is 45.0 Å². The van der Waals surface area contributed by atoms with Crippen LogP contribution in [0.1, 0.15) is 15.9 Å². The Hall–Kier alpha value is -3.95. The highest BCUT2D eigenvalue weighted by atomic mass is 16.5. The Kier molecular flexibility index (Phi) is 8.48. The van der Waals surface area contributed by atoms with Crippen molar-refractivity contribution in [3.8, 4) is 17.4 Å². The first-order chi connectivity index (χ1) is 17.5. The number of pyridine rings is 1.